The van der Waals surface area contributed by atoms with Crippen LogP contribution in [0, 0.1) is 5.21 Å². The van der Waals surface area contributed by atoms with Gasteiger partial charge in [-0.05, 0) is 12.1 Å². The van der Waals surface area contributed by atoms with E-state index in [1.54, 1.807) is 14.1 Å². The van der Waals surface area contributed by atoms with Crippen LogP contribution in [0.2, 0.25) is 0 Å². The van der Waals surface area contributed by atoms with E-state index in [1.807, 2.05) is 60.7 Å². The van der Waals surface area contributed by atoms with Gasteiger partial charge in [0.15, 0.2) is 0 Å². The molecule has 0 N–H and O–H groups in total. The van der Waals surface area contributed by atoms with Crippen molar-refractivity contribution < 1.29 is 9.52 Å². The molecule has 3 aromatic rings. The highest BCUT2D eigenvalue weighted by molar-refractivity contribution is 5.96. The molecule has 5 nitrogen and oxygen atoms in total. The lowest BCUT2D eigenvalue weighted by Crippen LogP contribution is -2.42. The van der Waals surface area contributed by atoms with Crippen molar-refractivity contribution in [2.24, 2.45) is 0 Å². The second-order valence-corrected chi connectivity index (χ2v) is 5.57. The number of hydrogen-bond donors (Lipinski definition) is 0. The molecule has 0 radical (unpaired) electrons. The molecule has 1 amide bonds. The molecule has 0 saturated carbocycles. The first-order valence-corrected chi connectivity index (χ1v) is 7.54. The van der Waals surface area contributed by atoms with Gasteiger partial charge < -0.3 is 10.1 Å². The van der Waals surface area contributed by atoms with Crippen LogP contribution in [-0.2, 0) is 0 Å². The molecule has 0 unspecified atom stereocenters. The third-order valence-electron chi connectivity index (χ3n) is 3.69. The third-order valence-corrected chi connectivity index (χ3v) is 3.69. The highest BCUT2D eigenvalue weighted by atomic mass is 16.5. The highest BCUT2D eigenvalue weighted by Gasteiger charge is 2.28. The molecule has 1 heterocycles. The number of hydrogen-bond acceptors (Lipinski definition) is 3. The van der Waals surface area contributed by atoms with Crippen molar-refractivity contribution in [3.05, 3.63) is 77.8 Å². The Morgan fingerprint density at radius 3 is 2.04 bits per heavy atom. The first-order valence-electron chi connectivity index (χ1n) is 7.54. The Hall–Kier alpha value is -3.21. The van der Waals surface area contributed by atoms with Crippen molar-refractivity contribution in [3.63, 3.8) is 0 Å². The summed E-state index contributed by atoms with van der Waals surface area (Å²) >= 11 is 0. The monoisotopic (exact) mass is 319 g/mol. The Labute approximate surface area is 140 Å². The fourth-order valence-corrected chi connectivity index (χ4v) is 2.46. The molecule has 2 aromatic carbocycles. The van der Waals surface area contributed by atoms with Gasteiger partial charge in [0, 0.05) is 25.2 Å². The van der Waals surface area contributed by atoms with Crippen LogP contribution in [0.15, 0.2) is 66.9 Å². The summed E-state index contributed by atoms with van der Waals surface area (Å²) in [5, 5.41) is 12.9. The topological polar surface area (TPSA) is 60.1 Å². The minimum absolute atomic E-state index is 0.0209. The Kier molecular flexibility index (Phi) is 4.24. The van der Waals surface area contributed by atoms with Crippen LogP contribution in [0.25, 0.3) is 22.5 Å². The van der Waals surface area contributed by atoms with Crippen LogP contribution in [0.1, 0.15) is 10.5 Å². The van der Waals surface area contributed by atoms with E-state index in [2.05, 4.69) is 4.98 Å². The fraction of sp³-hybridized carbons (Fsp3) is 0.105. The largest absolute Gasteiger partial charge is 0.618 e. The number of carbonyl (C=O) groups excluding carboxylic acids is 1. The molecule has 0 aliphatic carbocycles. The summed E-state index contributed by atoms with van der Waals surface area (Å²) in [5.41, 5.74) is 2.19. The summed E-state index contributed by atoms with van der Waals surface area (Å²) in [6.45, 7) is 0. The first-order chi connectivity index (χ1) is 11.6. The minimum Gasteiger partial charge on any atom is -0.618 e. The quantitative estimate of drug-likeness (QED) is 0.551. The zero-order valence-corrected chi connectivity index (χ0v) is 13.5. The zero-order valence-electron chi connectivity index (χ0n) is 13.5. The van der Waals surface area contributed by atoms with Crippen LogP contribution in [0.5, 0.6) is 0 Å². The molecule has 120 valence electrons. The molecule has 0 saturated heterocycles. The van der Waals surface area contributed by atoms with E-state index in [9.17, 15) is 10.0 Å². The zero-order chi connectivity index (χ0) is 17.1. The number of aromatic nitrogens is 2. The van der Waals surface area contributed by atoms with Crippen molar-refractivity contribution in [1.29, 1.82) is 0 Å². The summed E-state index contributed by atoms with van der Waals surface area (Å²) in [6, 6.07) is 18.4. The van der Waals surface area contributed by atoms with Gasteiger partial charge in [0.25, 0.3) is 0 Å². The lowest BCUT2D eigenvalue weighted by molar-refractivity contribution is -0.596. The van der Waals surface area contributed by atoms with Gasteiger partial charge in [-0.2, -0.15) is 4.73 Å². The molecule has 0 aliphatic rings. The number of nitrogens with zero attached hydrogens (tertiary/aromatic N) is 3. The average molecular weight is 319 g/mol. The summed E-state index contributed by atoms with van der Waals surface area (Å²) < 4.78 is 0.674. The van der Waals surface area contributed by atoms with Crippen molar-refractivity contribution in [2.45, 2.75) is 0 Å². The van der Waals surface area contributed by atoms with Crippen LogP contribution in [0.3, 0.4) is 0 Å². The molecule has 0 aliphatic heterocycles. The molecule has 0 atom stereocenters. The predicted octanol–water partition coefficient (Wildman–Crippen LogP) is 2.75. The number of benzene rings is 2. The number of carbonyl (C=O) groups is 1. The maximum atomic E-state index is 12.9. The highest BCUT2D eigenvalue weighted by Crippen LogP contribution is 2.23. The van der Waals surface area contributed by atoms with E-state index in [4.69, 9.17) is 0 Å². The van der Waals surface area contributed by atoms with Gasteiger partial charge in [0.05, 0.1) is 0 Å². The van der Waals surface area contributed by atoms with Gasteiger partial charge in [-0.1, -0.05) is 48.5 Å². The van der Waals surface area contributed by atoms with E-state index in [0.717, 1.165) is 5.56 Å². The van der Waals surface area contributed by atoms with Crippen LogP contribution in [0.4, 0.5) is 0 Å². The second kappa shape index (κ2) is 6.50. The number of amides is 1. The Morgan fingerprint density at radius 1 is 0.958 bits per heavy atom. The average Bonchev–Trinajstić information content (AvgIpc) is 2.62. The van der Waals surface area contributed by atoms with E-state index in [0.29, 0.717) is 21.7 Å². The summed E-state index contributed by atoms with van der Waals surface area (Å²) in [7, 11) is 3.23. The molecular formula is C19H17N3O2. The van der Waals surface area contributed by atoms with Crippen LogP contribution < -0.4 is 4.73 Å². The van der Waals surface area contributed by atoms with Gasteiger partial charge in [-0.3, -0.25) is 4.79 Å². The molecule has 3 rings (SSSR count). The van der Waals surface area contributed by atoms with Crippen molar-refractivity contribution in [2.75, 3.05) is 14.1 Å². The summed E-state index contributed by atoms with van der Waals surface area (Å²) in [4.78, 5) is 18.4. The lowest BCUT2D eigenvalue weighted by Gasteiger charge is -2.15. The van der Waals surface area contributed by atoms with Gasteiger partial charge >= 0.3 is 11.6 Å². The SMILES string of the molecule is CN(C)C(=O)c1c(-c2ccccc2)ncc(-c2ccccc2)[n+]1[O-]. The van der Waals surface area contributed by atoms with E-state index < -0.39 is 0 Å². The summed E-state index contributed by atoms with van der Waals surface area (Å²) in [5.74, 6) is -0.380. The molecule has 1 aromatic heterocycles. The van der Waals surface area contributed by atoms with Crippen molar-refractivity contribution in [3.8, 4) is 22.5 Å². The number of rotatable bonds is 3. The normalized spacial score (nSPS) is 10.4. The second-order valence-electron chi connectivity index (χ2n) is 5.57. The maximum Gasteiger partial charge on any atom is 0.321 e. The Balaban J connectivity index is 2.25. The summed E-state index contributed by atoms with van der Waals surface area (Å²) in [6.07, 6.45) is 1.51. The standard InChI is InChI=1S/C19H17N3O2/c1-21(2)19(23)18-17(15-11-7-4-8-12-15)20-13-16(22(18)24)14-9-5-3-6-10-14/h3-13H,1-2H3. The molecule has 0 bridgehead atoms. The smallest absolute Gasteiger partial charge is 0.321 e. The molecular weight excluding hydrogens is 302 g/mol. The Morgan fingerprint density at radius 2 is 1.50 bits per heavy atom. The minimum atomic E-state index is -0.380. The van der Waals surface area contributed by atoms with Crippen molar-refractivity contribution >= 4 is 5.91 Å². The molecule has 24 heavy (non-hydrogen) atoms. The molecule has 0 fully saturated rings. The van der Waals surface area contributed by atoms with Crippen LogP contribution >= 0.6 is 0 Å². The van der Waals surface area contributed by atoms with Gasteiger partial charge in [0.2, 0.25) is 5.69 Å². The van der Waals surface area contributed by atoms with E-state index >= 15 is 0 Å². The fourth-order valence-electron chi connectivity index (χ4n) is 2.46. The molecule has 0 spiro atoms. The van der Waals surface area contributed by atoms with E-state index in [-0.39, 0.29) is 11.6 Å². The van der Waals surface area contributed by atoms with Crippen LogP contribution in [-0.4, -0.2) is 29.9 Å². The predicted molar refractivity (Wildman–Crippen MR) is 92.1 cm³/mol. The van der Waals surface area contributed by atoms with Gasteiger partial charge in [-0.15, -0.1) is 0 Å². The van der Waals surface area contributed by atoms with Gasteiger partial charge in [-0.25, -0.2) is 4.98 Å². The first kappa shape index (κ1) is 15.7. The lowest BCUT2D eigenvalue weighted by atomic mass is 10.1. The molecule has 5 heteroatoms. The Bertz CT molecular complexity index is 863. The van der Waals surface area contributed by atoms with E-state index in [1.165, 1.54) is 11.1 Å². The van der Waals surface area contributed by atoms with Crippen molar-refractivity contribution in [1.82, 2.24) is 9.88 Å². The van der Waals surface area contributed by atoms with Gasteiger partial charge in [0.1, 0.15) is 11.9 Å². The maximum absolute atomic E-state index is 12.9. The third kappa shape index (κ3) is 2.84.